The second-order valence-electron chi connectivity index (χ2n) is 1.34. The first-order valence-electron chi connectivity index (χ1n) is 2.38. The Balaban J connectivity index is 2.82. The van der Waals surface area contributed by atoms with Crippen LogP contribution in [0.2, 0.25) is 6.04 Å². The maximum Gasteiger partial charge on any atom is 0.404 e. The molecule has 0 aliphatic rings. The third kappa shape index (κ3) is 5.49. The Labute approximate surface area is 51.5 Å². The highest BCUT2D eigenvalue weighted by Gasteiger charge is 1.88. The molecular weight excluding hydrogens is 122 g/mol. The quantitative estimate of drug-likeness (QED) is 0.424. The van der Waals surface area contributed by atoms with Crippen molar-refractivity contribution in [3.05, 3.63) is 0 Å². The van der Waals surface area contributed by atoms with Crippen LogP contribution in [0, 0.1) is 0 Å². The Morgan fingerprint density at radius 1 is 1.75 bits per heavy atom. The zero-order valence-electron chi connectivity index (χ0n) is 4.48. The van der Waals surface area contributed by atoms with Crippen molar-refractivity contribution in [1.29, 1.82) is 0 Å². The largest absolute Gasteiger partial charge is 0.465 e. The van der Waals surface area contributed by atoms with E-state index >= 15 is 0 Å². The molecule has 0 aromatic rings. The lowest BCUT2D eigenvalue weighted by molar-refractivity contribution is 0.194. The van der Waals surface area contributed by atoms with Crippen molar-refractivity contribution in [2.45, 2.75) is 12.5 Å². The molecule has 0 spiro atoms. The molecule has 0 saturated carbocycles. The van der Waals surface area contributed by atoms with Gasteiger partial charge in [-0.25, -0.2) is 4.79 Å². The van der Waals surface area contributed by atoms with Crippen molar-refractivity contribution in [3.8, 4) is 0 Å². The van der Waals surface area contributed by atoms with Crippen LogP contribution in [-0.2, 0) is 0 Å². The first-order valence-corrected chi connectivity index (χ1v) is 3.09. The summed E-state index contributed by atoms with van der Waals surface area (Å²) in [7, 11) is 3.21. The van der Waals surface area contributed by atoms with Crippen LogP contribution >= 0.6 is 0 Å². The van der Waals surface area contributed by atoms with Gasteiger partial charge in [0.25, 0.3) is 0 Å². The van der Waals surface area contributed by atoms with Crippen molar-refractivity contribution in [2.24, 2.45) is 0 Å². The van der Waals surface area contributed by atoms with E-state index in [1.165, 1.54) is 0 Å². The summed E-state index contributed by atoms with van der Waals surface area (Å²) >= 11 is 0. The highest BCUT2D eigenvalue weighted by atomic mass is 28.1. The molecule has 4 heteroatoms. The molecular formula is C4H8NO2Si. The molecule has 0 rings (SSSR count). The average molecular weight is 130 g/mol. The summed E-state index contributed by atoms with van der Waals surface area (Å²) in [6.45, 7) is 0.527. The van der Waals surface area contributed by atoms with E-state index in [0.29, 0.717) is 6.54 Å². The van der Waals surface area contributed by atoms with Gasteiger partial charge in [0.2, 0.25) is 0 Å². The lowest BCUT2D eigenvalue weighted by Gasteiger charge is -1.94. The fourth-order valence-electron chi connectivity index (χ4n) is 0.284. The van der Waals surface area contributed by atoms with E-state index in [1.807, 2.05) is 0 Å². The smallest absolute Gasteiger partial charge is 0.404 e. The zero-order chi connectivity index (χ0) is 6.41. The minimum absolute atomic E-state index is 0.527. The first-order chi connectivity index (χ1) is 3.77. The SMILES string of the molecule is O=C(O)NCCC[Si]. The molecule has 0 saturated heterocycles. The predicted octanol–water partition coefficient (Wildman–Crippen LogP) is 0.231. The molecule has 2 N–H and O–H groups in total. The molecule has 3 nitrogen and oxygen atoms in total. The van der Waals surface area contributed by atoms with Gasteiger partial charge in [-0.15, -0.1) is 0 Å². The molecule has 0 atom stereocenters. The van der Waals surface area contributed by atoms with Gasteiger partial charge in [0.15, 0.2) is 0 Å². The number of carbonyl (C=O) groups is 1. The topological polar surface area (TPSA) is 49.3 Å². The van der Waals surface area contributed by atoms with Gasteiger partial charge in [0, 0.05) is 16.8 Å². The summed E-state index contributed by atoms with van der Waals surface area (Å²) in [5, 5.41) is 10.2. The lowest BCUT2D eigenvalue weighted by atomic mass is 10.5. The van der Waals surface area contributed by atoms with Gasteiger partial charge < -0.3 is 10.4 Å². The second kappa shape index (κ2) is 4.64. The maximum absolute atomic E-state index is 9.75. The fourth-order valence-corrected chi connectivity index (χ4v) is 0.460. The van der Waals surface area contributed by atoms with E-state index in [0.717, 1.165) is 12.5 Å². The number of hydrogen-bond donors (Lipinski definition) is 2. The van der Waals surface area contributed by atoms with E-state index in [4.69, 9.17) is 5.11 Å². The van der Waals surface area contributed by atoms with Crippen molar-refractivity contribution in [3.63, 3.8) is 0 Å². The third-order valence-electron chi connectivity index (χ3n) is 0.630. The van der Waals surface area contributed by atoms with Gasteiger partial charge >= 0.3 is 6.09 Å². The van der Waals surface area contributed by atoms with E-state index in [2.05, 4.69) is 15.6 Å². The minimum atomic E-state index is -0.954. The van der Waals surface area contributed by atoms with Crippen LogP contribution in [0.25, 0.3) is 0 Å². The van der Waals surface area contributed by atoms with Crippen LogP contribution in [0.1, 0.15) is 6.42 Å². The van der Waals surface area contributed by atoms with Gasteiger partial charge in [-0.2, -0.15) is 0 Å². The van der Waals surface area contributed by atoms with Crippen molar-refractivity contribution < 1.29 is 9.90 Å². The Kier molecular flexibility index (Phi) is 4.34. The molecule has 0 heterocycles. The number of hydrogen-bond acceptors (Lipinski definition) is 1. The molecule has 0 aliphatic heterocycles. The summed E-state index contributed by atoms with van der Waals surface area (Å²) in [6.07, 6.45) is -0.117. The summed E-state index contributed by atoms with van der Waals surface area (Å²) in [4.78, 5) is 9.75. The van der Waals surface area contributed by atoms with Crippen molar-refractivity contribution in [2.75, 3.05) is 6.54 Å². The number of amides is 1. The van der Waals surface area contributed by atoms with Crippen molar-refractivity contribution >= 4 is 16.3 Å². The highest BCUT2D eigenvalue weighted by molar-refractivity contribution is 6.08. The third-order valence-corrected chi connectivity index (χ3v) is 0.983. The van der Waals surface area contributed by atoms with Crippen LogP contribution in [0.5, 0.6) is 0 Å². The number of carboxylic acid groups (broad SMARTS) is 1. The molecule has 0 aliphatic carbocycles. The van der Waals surface area contributed by atoms with Gasteiger partial charge in [-0.1, -0.05) is 6.04 Å². The molecule has 0 unspecified atom stereocenters. The summed E-state index contributed by atoms with van der Waals surface area (Å²) in [5.74, 6) is 0. The highest BCUT2D eigenvalue weighted by Crippen LogP contribution is 1.78. The molecule has 0 bridgehead atoms. The fraction of sp³-hybridized carbons (Fsp3) is 0.750. The van der Waals surface area contributed by atoms with Gasteiger partial charge in [0.05, 0.1) is 0 Å². The van der Waals surface area contributed by atoms with Crippen LogP contribution in [0.3, 0.4) is 0 Å². The van der Waals surface area contributed by atoms with Crippen LogP contribution in [0.15, 0.2) is 0 Å². The summed E-state index contributed by atoms with van der Waals surface area (Å²) in [5.41, 5.74) is 0. The van der Waals surface area contributed by atoms with E-state index in [9.17, 15) is 4.79 Å². The van der Waals surface area contributed by atoms with Crippen LogP contribution < -0.4 is 5.32 Å². The lowest BCUT2D eigenvalue weighted by Crippen LogP contribution is -2.21. The summed E-state index contributed by atoms with van der Waals surface area (Å²) < 4.78 is 0. The van der Waals surface area contributed by atoms with Crippen LogP contribution in [0.4, 0.5) is 4.79 Å². The van der Waals surface area contributed by atoms with Gasteiger partial charge in [-0.3, -0.25) is 0 Å². The molecule has 0 aromatic carbocycles. The molecule has 45 valence electrons. The Morgan fingerprint density at radius 3 is 2.75 bits per heavy atom. The standard InChI is InChI=1S/C4H8NO2Si/c6-4(7)5-2-1-3-8/h5H,1-3H2,(H,6,7). The molecule has 1 amide bonds. The number of rotatable bonds is 3. The molecule has 0 fully saturated rings. The van der Waals surface area contributed by atoms with Crippen molar-refractivity contribution in [1.82, 2.24) is 5.32 Å². The first kappa shape index (κ1) is 7.49. The Hall–Kier alpha value is -0.513. The maximum atomic E-state index is 9.75. The van der Waals surface area contributed by atoms with Gasteiger partial charge in [-0.05, 0) is 6.42 Å². The van der Waals surface area contributed by atoms with E-state index in [1.54, 1.807) is 0 Å². The molecule has 8 heavy (non-hydrogen) atoms. The van der Waals surface area contributed by atoms with Gasteiger partial charge in [0.1, 0.15) is 0 Å². The molecule has 3 radical (unpaired) electrons. The minimum Gasteiger partial charge on any atom is -0.465 e. The average Bonchev–Trinajstić information content (AvgIpc) is 1.66. The van der Waals surface area contributed by atoms with Crippen LogP contribution in [-0.4, -0.2) is 28.0 Å². The van der Waals surface area contributed by atoms with E-state index in [-0.39, 0.29) is 0 Å². The number of nitrogens with one attached hydrogen (secondary N) is 1. The Bertz CT molecular complexity index is 76.4. The van der Waals surface area contributed by atoms with E-state index < -0.39 is 6.09 Å². The second-order valence-corrected chi connectivity index (χ2v) is 1.84. The zero-order valence-corrected chi connectivity index (χ0v) is 5.48. The monoisotopic (exact) mass is 130 g/mol. The predicted molar refractivity (Wildman–Crippen MR) is 31.2 cm³/mol. The Morgan fingerprint density at radius 2 is 2.38 bits per heavy atom. The normalized spacial score (nSPS) is 8.62. The molecule has 0 aromatic heterocycles. The summed E-state index contributed by atoms with van der Waals surface area (Å²) in [6, 6.07) is 0.834.